The van der Waals surface area contributed by atoms with Crippen LogP contribution in [0.4, 0.5) is 0 Å². The van der Waals surface area contributed by atoms with Crippen LogP contribution in [0.1, 0.15) is 41.7 Å². The van der Waals surface area contributed by atoms with Crippen molar-refractivity contribution in [3.05, 3.63) is 59.4 Å². The highest BCUT2D eigenvalue weighted by Gasteiger charge is 2.24. The molecule has 0 aliphatic carbocycles. The van der Waals surface area contributed by atoms with Crippen LogP contribution in [0.3, 0.4) is 0 Å². The fourth-order valence-electron chi connectivity index (χ4n) is 2.91. The first-order valence-corrected chi connectivity index (χ1v) is 7.07. The Kier molecular flexibility index (Phi) is 3.70. The molecule has 1 aromatic carbocycles. The van der Waals surface area contributed by atoms with Crippen molar-refractivity contribution in [3.63, 3.8) is 0 Å². The predicted octanol–water partition coefficient (Wildman–Crippen LogP) is 3.38. The molecule has 0 fully saturated rings. The van der Waals surface area contributed by atoms with E-state index in [4.69, 9.17) is 4.74 Å². The minimum absolute atomic E-state index is 0.342. The molecule has 0 radical (unpaired) electrons. The van der Waals surface area contributed by atoms with Crippen LogP contribution < -0.4 is 4.74 Å². The summed E-state index contributed by atoms with van der Waals surface area (Å²) < 4.78 is 5.67. The zero-order valence-corrected chi connectivity index (χ0v) is 11.6. The summed E-state index contributed by atoms with van der Waals surface area (Å²) in [5.41, 5.74) is 3.04. The maximum atomic E-state index is 10.5. The standard InChI is InChI=1S/C17H19NO2/c1-12-14(6-4-9-18-12)16(19)11-13-8-10-20-17-7-3-2-5-15(13)17/h2-7,9,13,16,19H,8,10-11H2,1H3. The summed E-state index contributed by atoms with van der Waals surface area (Å²) >= 11 is 0. The van der Waals surface area contributed by atoms with Crippen LogP contribution in [-0.4, -0.2) is 16.7 Å². The first kappa shape index (κ1) is 13.1. The number of fused-ring (bicyclic) bond motifs is 1. The maximum absolute atomic E-state index is 10.5. The lowest BCUT2D eigenvalue weighted by molar-refractivity contribution is 0.144. The first-order chi connectivity index (χ1) is 9.75. The number of aromatic nitrogens is 1. The largest absolute Gasteiger partial charge is 0.493 e. The molecule has 0 bridgehead atoms. The van der Waals surface area contributed by atoms with Gasteiger partial charge in [0.2, 0.25) is 0 Å². The molecule has 3 heteroatoms. The lowest BCUT2D eigenvalue weighted by Gasteiger charge is -2.27. The van der Waals surface area contributed by atoms with E-state index in [-0.39, 0.29) is 0 Å². The van der Waals surface area contributed by atoms with Crippen LogP contribution in [-0.2, 0) is 0 Å². The number of hydrogen-bond donors (Lipinski definition) is 1. The molecule has 1 aromatic heterocycles. The van der Waals surface area contributed by atoms with E-state index in [2.05, 4.69) is 11.1 Å². The van der Waals surface area contributed by atoms with E-state index in [1.54, 1.807) is 6.20 Å². The van der Waals surface area contributed by atoms with Gasteiger partial charge in [0.15, 0.2) is 0 Å². The van der Waals surface area contributed by atoms with Gasteiger partial charge in [-0.25, -0.2) is 0 Å². The fourth-order valence-corrected chi connectivity index (χ4v) is 2.91. The summed E-state index contributed by atoms with van der Waals surface area (Å²) in [7, 11) is 0. The maximum Gasteiger partial charge on any atom is 0.122 e. The van der Waals surface area contributed by atoms with Crippen molar-refractivity contribution < 1.29 is 9.84 Å². The Bertz CT molecular complexity index is 597. The average Bonchev–Trinajstić information content (AvgIpc) is 2.48. The van der Waals surface area contributed by atoms with Gasteiger partial charge in [-0.2, -0.15) is 0 Å². The van der Waals surface area contributed by atoms with Crippen molar-refractivity contribution in [1.29, 1.82) is 0 Å². The molecule has 1 aliphatic heterocycles. The number of aliphatic hydroxyl groups is 1. The Morgan fingerprint density at radius 2 is 2.15 bits per heavy atom. The molecular weight excluding hydrogens is 250 g/mol. The fraction of sp³-hybridized carbons (Fsp3) is 0.353. The molecule has 3 nitrogen and oxygen atoms in total. The summed E-state index contributed by atoms with van der Waals surface area (Å²) in [6.07, 6.45) is 2.95. The molecule has 1 N–H and O–H groups in total. The Morgan fingerprint density at radius 3 is 3.00 bits per heavy atom. The summed E-state index contributed by atoms with van der Waals surface area (Å²) in [6.45, 7) is 2.66. The number of ether oxygens (including phenoxy) is 1. The van der Waals surface area contributed by atoms with Gasteiger partial charge in [-0.3, -0.25) is 4.98 Å². The molecule has 20 heavy (non-hydrogen) atoms. The number of hydrogen-bond acceptors (Lipinski definition) is 3. The van der Waals surface area contributed by atoms with E-state index in [0.29, 0.717) is 12.3 Å². The molecule has 2 heterocycles. The number of nitrogens with zero attached hydrogens (tertiary/aromatic N) is 1. The van der Waals surface area contributed by atoms with Gasteiger partial charge in [0.1, 0.15) is 5.75 Å². The van der Waals surface area contributed by atoms with Crippen LogP contribution >= 0.6 is 0 Å². The number of pyridine rings is 1. The van der Waals surface area contributed by atoms with Crippen molar-refractivity contribution in [3.8, 4) is 5.75 Å². The topological polar surface area (TPSA) is 42.4 Å². The SMILES string of the molecule is Cc1ncccc1C(O)CC1CCOc2ccccc21. The van der Waals surface area contributed by atoms with Gasteiger partial charge in [0.05, 0.1) is 12.7 Å². The van der Waals surface area contributed by atoms with Crippen molar-refractivity contribution in [1.82, 2.24) is 4.98 Å². The number of para-hydroxylation sites is 1. The zero-order valence-electron chi connectivity index (χ0n) is 11.6. The molecule has 0 amide bonds. The van der Waals surface area contributed by atoms with Crippen LogP contribution in [0.15, 0.2) is 42.6 Å². The van der Waals surface area contributed by atoms with E-state index in [1.165, 1.54) is 5.56 Å². The molecule has 1 aliphatic rings. The first-order valence-electron chi connectivity index (χ1n) is 7.07. The van der Waals surface area contributed by atoms with E-state index in [1.807, 2.05) is 37.3 Å². The second-order valence-electron chi connectivity index (χ2n) is 5.30. The molecule has 2 aromatic rings. The van der Waals surface area contributed by atoms with Crippen molar-refractivity contribution in [2.45, 2.75) is 31.8 Å². The van der Waals surface area contributed by atoms with Crippen LogP contribution in [0.25, 0.3) is 0 Å². The third-order valence-corrected chi connectivity index (χ3v) is 4.00. The van der Waals surface area contributed by atoms with Crippen molar-refractivity contribution in [2.75, 3.05) is 6.61 Å². The van der Waals surface area contributed by atoms with Gasteiger partial charge in [-0.1, -0.05) is 24.3 Å². The van der Waals surface area contributed by atoms with Gasteiger partial charge in [0.25, 0.3) is 0 Å². The highest BCUT2D eigenvalue weighted by Crippen LogP contribution is 2.38. The summed E-state index contributed by atoms with van der Waals surface area (Å²) in [6, 6.07) is 12.0. The van der Waals surface area contributed by atoms with Gasteiger partial charge in [-0.15, -0.1) is 0 Å². The van der Waals surface area contributed by atoms with E-state index < -0.39 is 6.10 Å². The predicted molar refractivity (Wildman–Crippen MR) is 77.8 cm³/mol. The smallest absolute Gasteiger partial charge is 0.122 e. The van der Waals surface area contributed by atoms with E-state index >= 15 is 0 Å². The molecular formula is C17H19NO2. The van der Waals surface area contributed by atoms with Crippen LogP contribution in [0, 0.1) is 6.92 Å². The minimum atomic E-state index is -0.472. The van der Waals surface area contributed by atoms with Gasteiger partial charge in [0, 0.05) is 17.5 Å². The lowest BCUT2D eigenvalue weighted by Crippen LogP contribution is -2.17. The molecule has 0 spiro atoms. The third kappa shape index (κ3) is 2.54. The summed E-state index contributed by atoms with van der Waals surface area (Å²) in [4.78, 5) is 4.25. The number of rotatable bonds is 3. The second-order valence-corrected chi connectivity index (χ2v) is 5.30. The molecule has 0 saturated carbocycles. The Labute approximate surface area is 119 Å². The Balaban J connectivity index is 1.81. The number of aliphatic hydroxyl groups excluding tert-OH is 1. The molecule has 3 rings (SSSR count). The highest BCUT2D eigenvalue weighted by molar-refractivity contribution is 5.38. The highest BCUT2D eigenvalue weighted by atomic mass is 16.5. The zero-order chi connectivity index (χ0) is 13.9. The monoisotopic (exact) mass is 269 g/mol. The quantitative estimate of drug-likeness (QED) is 0.928. The van der Waals surface area contributed by atoms with Crippen molar-refractivity contribution >= 4 is 0 Å². The molecule has 2 unspecified atom stereocenters. The normalized spacial score (nSPS) is 19.0. The summed E-state index contributed by atoms with van der Waals surface area (Å²) in [5.74, 6) is 1.30. The lowest BCUT2D eigenvalue weighted by atomic mass is 9.86. The molecule has 104 valence electrons. The molecule has 2 atom stereocenters. The third-order valence-electron chi connectivity index (χ3n) is 4.00. The van der Waals surface area contributed by atoms with Gasteiger partial charge in [-0.05, 0) is 43.4 Å². The van der Waals surface area contributed by atoms with E-state index in [0.717, 1.165) is 30.0 Å². The summed E-state index contributed by atoms with van der Waals surface area (Å²) in [5, 5.41) is 10.5. The Morgan fingerprint density at radius 1 is 1.30 bits per heavy atom. The Hall–Kier alpha value is -1.87. The minimum Gasteiger partial charge on any atom is -0.493 e. The van der Waals surface area contributed by atoms with Crippen LogP contribution in [0.2, 0.25) is 0 Å². The van der Waals surface area contributed by atoms with Gasteiger partial charge < -0.3 is 9.84 Å². The molecule has 0 saturated heterocycles. The average molecular weight is 269 g/mol. The van der Waals surface area contributed by atoms with Crippen molar-refractivity contribution in [2.24, 2.45) is 0 Å². The van der Waals surface area contributed by atoms with Gasteiger partial charge >= 0.3 is 0 Å². The second kappa shape index (κ2) is 5.63. The number of aryl methyl sites for hydroxylation is 1. The van der Waals surface area contributed by atoms with Crippen LogP contribution in [0.5, 0.6) is 5.75 Å². The number of benzene rings is 1. The van der Waals surface area contributed by atoms with E-state index in [9.17, 15) is 5.11 Å².